The SMILES string of the molecule is CC(C)Cc1c(C(=O)N(C)CCN(C)C)nc2c(=O)[nH]c3cccnc3n12. The molecule has 0 aliphatic carbocycles. The van der Waals surface area contributed by atoms with Crippen LogP contribution in [0.5, 0.6) is 0 Å². The lowest BCUT2D eigenvalue weighted by Crippen LogP contribution is -2.34. The zero-order valence-electron chi connectivity index (χ0n) is 16.5. The van der Waals surface area contributed by atoms with Gasteiger partial charge in [-0.05, 0) is 38.6 Å². The number of nitrogens with one attached hydrogen (secondary N) is 1. The third-order valence-corrected chi connectivity index (χ3v) is 4.46. The number of imidazole rings is 1. The first-order valence-corrected chi connectivity index (χ1v) is 9.08. The zero-order valence-corrected chi connectivity index (χ0v) is 16.5. The van der Waals surface area contributed by atoms with Crippen LogP contribution in [-0.4, -0.2) is 69.3 Å². The van der Waals surface area contributed by atoms with Gasteiger partial charge in [0.25, 0.3) is 11.5 Å². The maximum Gasteiger partial charge on any atom is 0.292 e. The summed E-state index contributed by atoms with van der Waals surface area (Å²) in [7, 11) is 5.69. The smallest absolute Gasteiger partial charge is 0.292 e. The van der Waals surface area contributed by atoms with Crippen LogP contribution in [0.15, 0.2) is 23.1 Å². The second kappa shape index (κ2) is 7.48. The summed E-state index contributed by atoms with van der Waals surface area (Å²) in [5, 5.41) is 0. The predicted octanol–water partition coefficient (Wildman–Crippen LogP) is 1.40. The molecular formula is C19H26N6O2. The molecule has 0 radical (unpaired) electrons. The van der Waals surface area contributed by atoms with Gasteiger partial charge in [-0.2, -0.15) is 0 Å². The van der Waals surface area contributed by atoms with Crippen molar-refractivity contribution >= 4 is 22.7 Å². The number of aromatic nitrogens is 4. The fourth-order valence-corrected chi connectivity index (χ4v) is 3.06. The van der Waals surface area contributed by atoms with Gasteiger partial charge in [-0.15, -0.1) is 0 Å². The second-order valence-electron chi connectivity index (χ2n) is 7.52. The van der Waals surface area contributed by atoms with E-state index in [0.717, 1.165) is 12.2 Å². The van der Waals surface area contributed by atoms with Crippen molar-refractivity contribution < 1.29 is 4.79 Å². The molecule has 1 N–H and O–H groups in total. The van der Waals surface area contributed by atoms with Crippen molar-refractivity contribution in [3.05, 3.63) is 40.1 Å². The lowest BCUT2D eigenvalue weighted by molar-refractivity contribution is 0.0780. The van der Waals surface area contributed by atoms with E-state index in [1.807, 2.05) is 19.0 Å². The minimum absolute atomic E-state index is 0.181. The molecule has 0 atom stereocenters. The van der Waals surface area contributed by atoms with E-state index in [9.17, 15) is 9.59 Å². The zero-order chi connectivity index (χ0) is 19.7. The van der Waals surface area contributed by atoms with Crippen LogP contribution in [0.3, 0.4) is 0 Å². The minimum atomic E-state index is -0.324. The van der Waals surface area contributed by atoms with Crippen LogP contribution >= 0.6 is 0 Å². The summed E-state index contributed by atoms with van der Waals surface area (Å²) in [5.41, 5.74) is 2.17. The molecule has 27 heavy (non-hydrogen) atoms. The standard InChI is InChI=1S/C19H26N6O2/c1-12(2)11-14-15(19(27)24(5)10-9-23(3)4)22-17-18(26)21-13-7-6-8-20-16(13)25(14)17/h6-8,12H,9-11H2,1-5H3,(H,21,26). The van der Waals surface area contributed by atoms with Crippen molar-refractivity contribution in [1.29, 1.82) is 0 Å². The summed E-state index contributed by atoms with van der Waals surface area (Å²) in [4.78, 5) is 41.0. The Morgan fingerprint density at radius 1 is 1.22 bits per heavy atom. The summed E-state index contributed by atoms with van der Waals surface area (Å²) < 4.78 is 1.74. The van der Waals surface area contributed by atoms with Crippen LogP contribution in [0.4, 0.5) is 0 Å². The summed E-state index contributed by atoms with van der Waals surface area (Å²) >= 11 is 0. The van der Waals surface area contributed by atoms with Crippen LogP contribution in [0.1, 0.15) is 30.0 Å². The van der Waals surface area contributed by atoms with Gasteiger partial charge < -0.3 is 14.8 Å². The molecule has 0 saturated heterocycles. The van der Waals surface area contributed by atoms with Crippen molar-refractivity contribution in [2.45, 2.75) is 20.3 Å². The lowest BCUT2D eigenvalue weighted by Gasteiger charge is -2.19. The second-order valence-corrected chi connectivity index (χ2v) is 7.52. The van der Waals surface area contributed by atoms with Crippen molar-refractivity contribution in [2.24, 2.45) is 5.92 Å². The largest absolute Gasteiger partial charge is 0.339 e. The van der Waals surface area contributed by atoms with Gasteiger partial charge >= 0.3 is 0 Å². The maximum atomic E-state index is 13.1. The normalized spacial score (nSPS) is 11.8. The molecule has 144 valence electrons. The number of aromatic amines is 1. The lowest BCUT2D eigenvalue weighted by atomic mass is 10.1. The van der Waals surface area contributed by atoms with Gasteiger partial charge in [0.15, 0.2) is 11.3 Å². The molecule has 3 aromatic rings. The summed E-state index contributed by atoms with van der Waals surface area (Å²) in [6, 6.07) is 3.57. The van der Waals surface area contributed by atoms with Gasteiger partial charge in [0, 0.05) is 26.3 Å². The molecule has 3 aromatic heterocycles. The molecule has 0 aromatic carbocycles. The Morgan fingerprint density at radius 2 is 1.96 bits per heavy atom. The fourth-order valence-electron chi connectivity index (χ4n) is 3.06. The van der Waals surface area contributed by atoms with E-state index in [1.54, 1.807) is 34.7 Å². The molecule has 3 rings (SSSR count). The van der Waals surface area contributed by atoms with Crippen molar-refractivity contribution in [3.63, 3.8) is 0 Å². The number of pyridine rings is 1. The molecule has 1 amide bonds. The number of amides is 1. The minimum Gasteiger partial charge on any atom is -0.339 e. The number of fused-ring (bicyclic) bond motifs is 3. The molecule has 0 saturated carbocycles. The number of hydrogen-bond donors (Lipinski definition) is 1. The van der Waals surface area contributed by atoms with Gasteiger partial charge in [0.05, 0.1) is 11.2 Å². The van der Waals surface area contributed by atoms with E-state index >= 15 is 0 Å². The molecule has 3 heterocycles. The molecule has 0 bridgehead atoms. The van der Waals surface area contributed by atoms with E-state index in [-0.39, 0.29) is 17.1 Å². The predicted molar refractivity (Wildman–Crippen MR) is 105 cm³/mol. The van der Waals surface area contributed by atoms with Crippen LogP contribution in [0.25, 0.3) is 16.8 Å². The topological polar surface area (TPSA) is 86.6 Å². The number of likely N-dealkylation sites (N-methyl/N-ethyl adjacent to an activating group) is 2. The van der Waals surface area contributed by atoms with Crippen molar-refractivity contribution in [2.75, 3.05) is 34.2 Å². The third-order valence-electron chi connectivity index (χ3n) is 4.46. The van der Waals surface area contributed by atoms with E-state index < -0.39 is 0 Å². The Kier molecular flexibility index (Phi) is 5.27. The number of carbonyl (C=O) groups is 1. The van der Waals surface area contributed by atoms with Gasteiger partial charge in [0.1, 0.15) is 0 Å². The monoisotopic (exact) mass is 370 g/mol. The Balaban J connectivity index is 2.20. The van der Waals surface area contributed by atoms with Gasteiger partial charge in [-0.1, -0.05) is 13.8 Å². The van der Waals surface area contributed by atoms with Crippen LogP contribution < -0.4 is 5.56 Å². The Labute approximate surface area is 157 Å². The number of nitrogens with zero attached hydrogens (tertiary/aromatic N) is 5. The van der Waals surface area contributed by atoms with E-state index in [2.05, 4.69) is 28.8 Å². The van der Waals surface area contributed by atoms with E-state index in [0.29, 0.717) is 35.7 Å². The first kappa shape index (κ1) is 19.0. The number of carbonyl (C=O) groups excluding carboxylic acids is 1. The Bertz CT molecular complexity index is 1030. The highest BCUT2D eigenvalue weighted by Gasteiger charge is 2.25. The molecule has 8 nitrogen and oxygen atoms in total. The highest BCUT2D eigenvalue weighted by molar-refractivity contribution is 5.95. The van der Waals surface area contributed by atoms with Crippen molar-refractivity contribution in [1.82, 2.24) is 29.2 Å². The van der Waals surface area contributed by atoms with Crippen LogP contribution in [0.2, 0.25) is 0 Å². The Morgan fingerprint density at radius 3 is 2.63 bits per heavy atom. The molecule has 8 heteroatoms. The average molecular weight is 370 g/mol. The van der Waals surface area contributed by atoms with E-state index in [1.165, 1.54) is 0 Å². The maximum absolute atomic E-state index is 13.1. The van der Waals surface area contributed by atoms with Gasteiger partial charge in [-0.25, -0.2) is 9.97 Å². The molecule has 0 fully saturated rings. The molecule has 0 aliphatic heterocycles. The fraction of sp³-hybridized carbons (Fsp3) is 0.474. The van der Waals surface area contributed by atoms with Crippen molar-refractivity contribution in [3.8, 4) is 0 Å². The van der Waals surface area contributed by atoms with Gasteiger partial charge in [-0.3, -0.25) is 14.0 Å². The molecule has 0 unspecified atom stereocenters. The quantitative estimate of drug-likeness (QED) is 0.709. The summed E-state index contributed by atoms with van der Waals surface area (Å²) in [6.45, 7) is 5.48. The average Bonchev–Trinajstić information content (AvgIpc) is 2.98. The molecule has 0 spiro atoms. The number of H-pyrrole nitrogens is 1. The Hall–Kier alpha value is -2.74. The summed E-state index contributed by atoms with van der Waals surface area (Å²) in [5.74, 6) is 0.112. The highest BCUT2D eigenvalue weighted by atomic mass is 16.2. The summed E-state index contributed by atoms with van der Waals surface area (Å²) in [6.07, 6.45) is 2.29. The first-order chi connectivity index (χ1) is 12.8. The first-order valence-electron chi connectivity index (χ1n) is 9.08. The van der Waals surface area contributed by atoms with Crippen LogP contribution in [0, 0.1) is 5.92 Å². The van der Waals surface area contributed by atoms with Crippen LogP contribution in [-0.2, 0) is 6.42 Å². The van der Waals surface area contributed by atoms with Gasteiger partial charge in [0.2, 0.25) is 5.65 Å². The third kappa shape index (κ3) is 3.71. The highest BCUT2D eigenvalue weighted by Crippen LogP contribution is 2.20. The van der Waals surface area contributed by atoms with E-state index in [4.69, 9.17) is 0 Å². The number of hydrogen-bond acceptors (Lipinski definition) is 5. The molecule has 0 aliphatic rings. The molecular weight excluding hydrogens is 344 g/mol. The number of rotatable bonds is 6.